The molecule has 0 aliphatic heterocycles. The van der Waals surface area contributed by atoms with Gasteiger partial charge in [0.2, 0.25) is 0 Å². The van der Waals surface area contributed by atoms with E-state index < -0.39 is 5.41 Å². The highest BCUT2D eigenvalue weighted by Gasteiger charge is 2.46. The van der Waals surface area contributed by atoms with E-state index in [9.17, 15) is 0 Å². The van der Waals surface area contributed by atoms with E-state index in [1.54, 1.807) is 0 Å². The molecule has 0 fully saturated rings. The van der Waals surface area contributed by atoms with Crippen molar-refractivity contribution in [1.82, 2.24) is 0 Å². The molecule has 9 rings (SSSR count). The molecule has 1 heteroatoms. The lowest BCUT2D eigenvalue weighted by Gasteiger charge is -2.34. The maximum absolute atomic E-state index is 7.19. The second-order valence-electron chi connectivity index (χ2n) is 12.1. The average molecular weight is 605 g/mol. The standard InChI is InChI=1S/C45H29Cl/c46-42-29-39(43(36-23-10-9-22-34(36)42)35-25-13-16-30-15-7-8-21-33(30)35)37-26-14-28-41-44(37)38-24-11-12-27-40(38)45(41,31-17-3-1-4-18-31)32-19-5-2-6-20-32/h1-29H. The second-order valence-corrected chi connectivity index (χ2v) is 12.5. The van der Waals surface area contributed by atoms with E-state index in [1.807, 2.05) is 0 Å². The molecule has 1 aliphatic carbocycles. The van der Waals surface area contributed by atoms with Crippen molar-refractivity contribution < 1.29 is 0 Å². The molecule has 0 amide bonds. The van der Waals surface area contributed by atoms with E-state index in [2.05, 4.69) is 176 Å². The Morgan fingerprint density at radius 2 is 0.870 bits per heavy atom. The molecular formula is C45H29Cl. The fraction of sp³-hybridized carbons (Fsp3) is 0.0222. The molecule has 0 saturated heterocycles. The molecule has 0 bridgehead atoms. The van der Waals surface area contributed by atoms with Gasteiger partial charge in [-0.2, -0.15) is 0 Å². The van der Waals surface area contributed by atoms with E-state index in [0.29, 0.717) is 0 Å². The zero-order valence-electron chi connectivity index (χ0n) is 25.1. The van der Waals surface area contributed by atoms with Crippen molar-refractivity contribution in [1.29, 1.82) is 0 Å². The third-order valence-electron chi connectivity index (χ3n) is 9.83. The van der Waals surface area contributed by atoms with Gasteiger partial charge in [0.15, 0.2) is 0 Å². The van der Waals surface area contributed by atoms with Gasteiger partial charge in [0.25, 0.3) is 0 Å². The van der Waals surface area contributed by atoms with E-state index in [1.165, 1.54) is 60.8 Å². The summed E-state index contributed by atoms with van der Waals surface area (Å²) < 4.78 is 0. The van der Waals surface area contributed by atoms with Crippen LogP contribution in [0.1, 0.15) is 22.3 Å². The fourth-order valence-electron chi connectivity index (χ4n) is 7.99. The number of halogens is 1. The van der Waals surface area contributed by atoms with Crippen molar-refractivity contribution in [3.05, 3.63) is 203 Å². The van der Waals surface area contributed by atoms with Crippen LogP contribution >= 0.6 is 11.6 Å². The van der Waals surface area contributed by atoms with E-state index in [-0.39, 0.29) is 0 Å². The Morgan fingerprint density at radius 3 is 1.63 bits per heavy atom. The first-order valence-corrected chi connectivity index (χ1v) is 16.2. The summed E-state index contributed by atoms with van der Waals surface area (Å²) in [4.78, 5) is 0. The Bertz CT molecular complexity index is 2380. The molecule has 0 unspecified atom stereocenters. The number of rotatable bonds is 4. The van der Waals surface area contributed by atoms with Crippen molar-refractivity contribution in [3.8, 4) is 33.4 Å². The van der Waals surface area contributed by atoms with Crippen molar-refractivity contribution in [2.45, 2.75) is 5.41 Å². The largest absolute Gasteiger partial charge is 0.0836 e. The summed E-state index contributed by atoms with van der Waals surface area (Å²) in [6.45, 7) is 0. The van der Waals surface area contributed by atoms with Crippen LogP contribution in [0.2, 0.25) is 5.02 Å². The molecule has 1 aliphatic rings. The minimum absolute atomic E-state index is 0.468. The van der Waals surface area contributed by atoms with Crippen LogP contribution in [0.15, 0.2) is 176 Å². The van der Waals surface area contributed by atoms with Crippen LogP contribution in [0, 0.1) is 0 Å². The quantitative estimate of drug-likeness (QED) is 0.187. The van der Waals surface area contributed by atoms with Crippen LogP contribution in [-0.2, 0) is 5.41 Å². The lowest BCUT2D eigenvalue weighted by Crippen LogP contribution is -2.28. The summed E-state index contributed by atoms with van der Waals surface area (Å²) in [5.41, 5.74) is 11.9. The first-order chi connectivity index (χ1) is 22.8. The summed E-state index contributed by atoms with van der Waals surface area (Å²) in [6.07, 6.45) is 0. The zero-order chi connectivity index (χ0) is 30.7. The predicted molar refractivity (Wildman–Crippen MR) is 195 cm³/mol. The Morgan fingerprint density at radius 1 is 0.348 bits per heavy atom. The Labute approximate surface area is 274 Å². The molecule has 0 nitrogen and oxygen atoms in total. The highest BCUT2D eigenvalue weighted by atomic mass is 35.5. The van der Waals surface area contributed by atoms with Crippen molar-refractivity contribution in [3.63, 3.8) is 0 Å². The summed E-state index contributed by atoms with van der Waals surface area (Å²) in [6, 6.07) is 63.8. The Hall–Kier alpha value is -5.43. The van der Waals surface area contributed by atoms with Crippen LogP contribution in [0.3, 0.4) is 0 Å². The Balaban J connectivity index is 1.45. The van der Waals surface area contributed by atoms with Crippen LogP contribution in [0.25, 0.3) is 54.9 Å². The van der Waals surface area contributed by atoms with Crippen molar-refractivity contribution >= 4 is 33.1 Å². The van der Waals surface area contributed by atoms with Gasteiger partial charge in [-0.3, -0.25) is 0 Å². The van der Waals surface area contributed by atoms with Gasteiger partial charge in [0.05, 0.1) is 5.41 Å². The summed E-state index contributed by atoms with van der Waals surface area (Å²) in [7, 11) is 0. The predicted octanol–water partition coefficient (Wildman–Crippen LogP) is 12.3. The lowest BCUT2D eigenvalue weighted by molar-refractivity contribution is 0.768. The normalized spacial score (nSPS) is 13.1. The van der Waals surface area contributed by atoms with Gasteiger partial charge in [-0.05, 0) is 77.9 Å². The van der Waals surface area contributed by atoms with Gasteiger partial charge >= 0.3 is 0 Å². The number of hydrogen-bond acceptors (Lipinski definition) is 0. The molecule has 0 heterocycles. The SMILES string of the molecule is Clc1cc(-c2cccc3c2-c2ccccc2C3(c2ccccc2)c2ccccc2)c(-c2cccc3ccccc23)c2ccccc12. The second kappa shape index (κ2) is 10.6. The minimum atomic E-state index is -0.468. The van der Waals surface area contributed by atoms with Crippen LogP contribution < -0.4 is 0 Å². The lowest BCUT2D eigenvalue weighted by atomic mass is 9.67. The van der Waals surface area contributed by atoms with Gasteiger partial charge in [-0.15, -0.1) is 0 Å². The number of fused-ring (bicyclic) bond motifs is 5. The van der Waals surface area contributed by atoms with Gasteiger partial charge in [0.1, 0.15) is 0 Å². The zero-order valence-corrected chi connectivity index (χ0v) is 25.9. The summed E-state index contributed by atoms with van der Waals surface area (Å²) in [5.74, 6) is 0. The van der Waals surface area contributed by atoms with E-state index in [0.717, 1.165) is 21.4 Å². The molecule has 0 aromatic heterocycles. The van der Waals surface area contributed by atoms with Crippen LogP contribution in [-0.4, -0.2) is 0 Å². The Kier molecular flexibility index (Phi) is 6.20. The number of hydrogen-bond donors (Lipinski definition) is 0. The van der Waals surface area contributed by atoms with Crippen LogP contribution in [0.5, 0.6) is 0 Å². The highest BCUT2D eigenvalue weighted by molar-refractivity contribution is 6.37. The first kappa shape index (κ1) is 26.9. The van der Waals surface area contributed by atoms with E-state index >= 15 is 0 Å². The fourth-order valence-corrected chi connectivity index (χ4v) is 8.27. The van der Waals surface area contributed by atoms with E-state index in [4.69, 9.17) is 11.6 Å². The van der Waals surface area contributed by atoms with Gasteiger partial charge in [-0.1, -0.05) is 181 Å². The third kappa shape index (κ3) is 3.81. The average Bonchev–Trinajstić information content (AvgIpc) is 3.44. The molecule has 0 radical (unpaired) electrons. The molecule has 0 spiro atoms. The smallest absolute Gasteiger partial charge is 0.0713 e. The van der Waals surface area contributed by atoms with Crippen molar-refractivity contribution in [2.75, 3.05) is 0 Å². The molecule has 46 heavy (non-hydrogen) atoms. The minimum Gasteiger partial charge on any atom is -0.0836 e. The molecule has 0 atom stereocenters. The topological polar surface area (TPSA) is 0 Å². The van der Waals surface area contributed by atoms with Gasteiger partial charge < -0.3 is 0 Å². The highest BCUT2D eigenvalue weighted by Crippen LogP contribution is 2.59. The summed E-state index contributed by atoms with van der Waals surface area (Å²) in [5, 5.41) is 5.43. The summed E-state index contributed by atoms with van der Waals surface area (Å²) >= 11 is 7.19. The monoisotopic (exact) mass is 604 g/mol. The molecule has 0 N–H and O–H groups in total. The molecule has 8 aromatic carbocycles. The van der Waals surface area contributed by atoms with Gasteiger partial charge in [0, 0.05) is 10.4 Å². The third-order valence-corrected chi connectivity index (χ3v) is 10.1. The van der Waals surface area contributed by atoms with Gasteiger partial charge in [-0.25, -0.2) is 0 Å². The molecule has 0 saturated carbocycles. The maximum atomic E-state index is 7.19. The maximum Gasteiger partial charge on any atom is 0.0713 e. The molecular weight excluding hydrogens is 576 g/mol. The number of benzene rings is 8. The first-order valence-electron chi connectivity index (χ1n) is 15.8. The van der Waals surface area contributed by atoms with Crippen LogP contribution in [0.4, 0.5) is 0 Å². The molecule has 216 valence electrons. The van der Waals surface area contributed by atoms with Crippen molar-refractivity contribution in [2.24, 2.45) is 0 Å². The molecule has 8 aromatic rings.